The van der Waals surface area contributed by atoms with Gasteiger partial charge in [-0.2, -0.15) is 0 Å². The smallest absolute Gasteiger partial charge is 0.0720 e. The zero-order chi connectivity index (χ0) is 30.6. The third-order valence-electron chi connectivity index (χ3n) is 10.0. The molecule has 0 amide bonds. The van der Waals surface area contributed by atoms with Crippen molar-refractivity contribution in [2.75, 3.05) is 0 Å². The van der Waals surface area contributed by atoms with Gasteiger partial charge in [0.1, 0.15) is 0 Å². The summed E-state index contributed by atoms with van der Waals surface area (Å²) in [6, 6.07) is 45.2. The lowest BCUT2D eigenvalue weighted by Crippen LogP contribution is -2.26. The lowest BCUT2D eigenvalue weighted by Gasteiger charge is -2.31. The van der Waals surface area contributed by atoms with Gasteiger partial charge in [0.15, 0.2) is 0 Å². The Kier molecular flexibility index (Phi) is 5.44. The molecule has 1 spiro atoms. The van der Waals surface area contributed by atoms with Gasteiger partial charge >= 0.3 is 0 Å². The average molecular weight is 669 g/mol. The van der Waals surface area contributed by atoms with E-state index >= 15 is 0 Å². The van der Waals surface area contributed by atoms with Gasteiger partial charge < -0.3 is 4.57 Å². The maximum Gasteiger partial charge on any atom is 0.0720 e. The van der Waals surface area contributed by atoms with Crippen LogP contribution in [0.3, 0.4) is 0 Å². The van der Waals surface area contributed by atoms with E-state index in [0.29, 0.717) is 0 Å². The van der Waals surface area contributed by atoms with E-state index in [1.165, 1.54) is 86.6 Å². The first-order chi connectivity index (χ1) is 22.7. The van der Waals surface area contributed by atoms with Crippen molar-refractivity contribution in [1.29, 1.82) is 0 Å². The fourth-order valence-corrected chi connectivity index (χ4v) is 9.73. The van der Waals surface area contributed by atoms with E-state index in [2.05, 4.69) is 167 Å². The maximum absolute atomic E-state index is 4.01. The third-order valence-corrected chi connectivity index (χ3v) is 11.7. The van der Waals surface area contributed by atoms with Gasteiger partial charge in [-0.15, -0.1) is 11.3 Å². The highest BCUT2D eigenvalue weighted by atomic mass is 79.9. The van der Waals surface area contributed by atoms with Crippen molar-refractivity contribution in [3.05, 3.63) is 178 Å². The molecule has 1 nitrogen and oxygen atoms in total. The van der Waals surface area contributed by atoms with Crippen LogP contribution in [0.15, 0.2) is 156 Å². The quantitative estimate of drug-likeness (QED) is 0.165. The number of para-hydroxylation sites is 1. The topological polar surface area (TPSA) is 4.93 Å². The number of thiophene rings is 1. The van der Waals surface area contributed by atoms with Crippen LogP contribution in [0.1, 0.15) is 22.3 Å². The van der Waals surface area contributed by atoms with Crippen LogP contribution < -0.4 is 0 Å². The first-order valence-electron chi connectivity index (χ1n) is 15.6. The Morgan fingerprint density at radius 1 is 0.674 bits per heavy atom. The van der Waals surface area contributed by atoms with Crippen molar-refractivity contribution in [3.8, 4) is 16.8 Å². The van der Waals surface area contributed by atoms with Crippen LogP contribution >= 0.6 is 27.3 Å². The predicted octanol–water partition coefficient (Wildman–Crippen LogP) is 12.4. The lowest BCUT2D eigenvalue weighted by molar-refractivity contribution is 0.787. The first kappa shape index (κ1) is 26.3. The average Bonchev–Trinajstić information content (AvgIpc) is 3.81. The highest BCUT2D eigenvalue weighted by Gasteiger charge is 2.50. The Morgan fingerprint density at radius 2 is 1.43 bits per heavy atom. The molecule has 0 N–H and O–H groups in total. The molecular formula is C43H26BrNS. The van der Waals surface area contributed by atoms with E-state index in [4.69, 9.17) is 0 Å². The van der Waals surface area contributed by atoms with Crippen molar-refractivity contribution in [2.24, 2.45) is 0 Å². The molecule has 216 valence electrons. The molecule has 0 saturated carbocycles. The number of aromatic nitrogens is 1. The van der Waals surface area contributed by atoms with Crippen molar-refractivity contribution in [1.82, 2.24) is 4.57 Å². The number of fused-ring (bicyclic) bond motifs is 14. The molecule has 2 aromatic heterocycles. The summed E-state index contributed by atoms with van der Waals surface area (Å²) < 4.78 is 6.23. The molecule has 0 radical (unpaired) electrons. The molecule has 8 aromatic rings. The molecule has 2 heterocycles. The minimum absolute atomic E-state index is 0.405. The van der Waals surface area contributed by atoms with Crippen LogP contribution in [-0.4, -0.2) is 4.57 Å². The summed E-state index contributed by atoms with van der Waals surface area (Å²) in [5.74, 6) is 0. The summed E-state index contributed by atoms with van der Waals surface area (Å²) in [5.41, 5.74) is 12.4. The van der Waals surface area contributed by atoms with Gasteiger partial charge in [-0.3, -0.25) is 0 Å². The zero-order valence-electron chi connectivity index (χ0n) is 24.8. The van der Waals surface area contributed by atoms with E-state index in [9.17, 15) is 0 Å². The number of benzene rings is 6. The normalized spacial score (nSPS) is 16.6. The minimum atomic E-state index is -0.405. The van der Waals surface area contributed by atoms with Crippen molar-refractivity contribution in [3.63, 3.8) is 0 Å². The van der Waals surface area contributed by atoms with E-state index < -0.39 is 5.41 Å². The number of hydrogen-bond acceptors (Lipinski definition) is 1. The minimum Gasteiger partial charge on any atom is -0.309 e. The molecule has 10 rings (SSSR count). The van der Waals surface area contributed by atoms with Gasteiger partial charge in [-0.25, -0.2) is 0 Å². The van der Waals surface area contributed by atoms with E-state index in [1.54, 1.807) is 0 Å². The molecule has 0 saturated heterocycles. The number of hydrogen-bond donors (Lipinski definition) is 0. The van der Waals surface area contributed by atoms with Gasteiger partial charge in [0, 0.05) is 46.7 Å². The Morgan fingerprint density at radius 3 is 2.33 bits per heavy atom. The molecule has 0 bridgehead atoms. The molecule has 1 atom stereocenters. The SMILES string of the molecule is C=C/C=C\C1=Cc2ccccc2C12c1ccccc1-c1c2ccc2c3ccccc3n(-c3ccc4sc5ccc(Br)cc5c4c3)c12. The summed E-state index contributed by atoms with van der Waals surface area (Å²) in [5, 5.41) is 5.13. The van der Waals surface area contributed by atoms with Gasteiger partial charge in [-0.05, 0) is 81.9 Å². The second-order valence-corrected chi connectivity index (χ2v) is 14.2. The zero-order valence-corrected chi connectivity index (χ0v) is 27.2. The van der Waals surface area contributed by atoms with E-state index in [1.807, 2.05) is 17.4 Å². The number of halogens is 1. The summed E-state index contributed by atoms with van der Waals surface area (Å²) in [6.45, 7) is 4.01. The largest absolute Gasteiger partial charge is 0.309 e. The van der Waals surface area contributed by atoms with Crippen LogP contribution in [0.4, 0.5) is 0 Å². The Balaban J connectivity index is 1.37. The third kappa shape index (κ3) is 3.29. The van der Waals surface area contributed by atoms with E-state index in [0.717, 1.165) is 4.47 Å². The number of nitrogens with zero attached hydrogens (tertiary/aromatic N) is 1. The Hall–Kier alpha value is -4.96. The van der Waals surface area contributed by atoms with Gasteiger partial charge in [-0.1, -0.05) is 120 Å². The molecule has 3 heteroatoms. The van der Waals surface area contributed by atoms with Gasteiger partial charge in [0.25, 0.3) is 0 Å². The second-order valence-electron chi connectivity index (χ2n) is 12.2. The Bertz CT molecular complexity index is 2680. The van der Waals surface area contributed by atoms with Gasteiger partial charge in [0.05, 0.1) is 16.4 Å². The number of allylic oxidation sites excluding steroid dienone is 4. The highest BCUT2D eigenvalue weighted by Crippen LogP contribution is 2.62. The van der Waals surface area contributed by atoms with Crippen LogP contribution in [0, 0.1) is 0 Å². The van der Waals surface area contributed by atoms with Crippen molar-refractivity contribution in [2.45, 2.75) is 5.41 Å². The standard InChI is InChI=1S/C43H26BrNS/c1-2-3-11-27-23-26-10-4-7-14-35(26)43(27)36-15-8-5-13-32(36)41-37(43)20-19-31-30-12-6-9-16-38(30)45(42(31)41)29-18-22-40-34(25-29)33-24-28(44)17-21-39(33)46-40/h2-25H,1H2/b11-3-. The summed E-state index contributed by atoms with van der Waals surface area (Å²) >= 11 is 5.58. The summed E-state index contributed by atoms with van der Waals surface area (Å²) in [4.78, 5) is 0. The van der Waals surface area contributed by atoms with Crippen LogP contribution in [0.25, 0.3) is 64.9 Å². The van der Waals surface area contributed by atoms with Crippen LogP contribution in [0.5, 0.6) is 0 Å². The fourth-order valence-electron chi connectivity index (χ4n) is 8.30. The second kappa shape index (κ2) is 9.53. The molecule has 2 aliphatic carbocycles. The van der Waals surface area contributed by atoms with Crippen LogP contribution in [-0.2, 0) is 5.41 Å². The predicted molar refractivity (Wildman–Crippen MR) is 200 cm³/mol. The summed E-state index contributed by atoms with van der Waals surface area (Å²) in [6.07, 6.45) is 8.58. The molecule has 46 heavy (non-hydrogen) atoms. The van der Waals surface area contributed by atoms with Gasteiger partial charge in [0.2, 0.25) is 0 Å². The first-order valence-corrected chi connectivity index (χ1v) is 17.2. The molecule has 0 aliphatic heterocycles. The maximum atomic E-state index is 4.01. The van der Waals surface area contributed by atoms with E-state index in [-0.39, 0.29) is 0 Å². The molecule has 6 aromatic carbocycles. The molecule has 2 aliphatic rings. The summed E-state index contributed by atoms with van der Waals surface area (Å²) in [7, 11) is 0. The monoisotopic (exact) mass is 667 g/mol. The molecular weight excluding hydrogens is 642 g/mol. The number of rotatable bonds is 3. The lowest BCUT2D eigenvalue weighted by atomic mass is 9.69. The van der Waals surface area contributed by atoms with Crippen molar-refractivity contribution >= 4 is 75.3 Å². The molecule has 1 unspecified atom stereocenters. The van der Waals surface area contributed by atoms with Crippen LogP contribution in [0.2, 0.25) is 0 Å². The fraction of sp³-hybridized carbons (Fsp3) is 0.0233. The molecule has 0 fully saturated rings. The highest BCUT2D eigenvalue weighted by molar-refractivity contribution is 9.10. The van der Waals surface area contributed by atoms with Crippen molar-refractivity contribution < 1.29 is 0 Å². The Labute approximate surface area is 279 Å².